The van der Waals surface area contributed by atoms with Gasteiger partial charge < -0.3 is 10.1 Å². The Morgan fingerprint density at radius 1 is 0.923 bits per heavy atom. The van der Waals surface area contributed by atoms with E-state index in [2.05, 4.69) is 10.3 Å². The van der Waals surface area contributed by atoms with Crippen LogP contribution in [-0.2, 0) is 4.74 Å². The third-order valence-corrected chi connectivity index (χ3v) is 4.27. The molecular weight excluding hydrogens is 338 g/mol. The van der Waals surface area contributed by atoms with E-state index >= 15 is 0 Å². The lowest BCUT2D eigenvalue weighted by molar-refractivity contribution is 0.132. The van der Waals surface area contributed by atoms with Crippen molar-refractivity contribution in [2.75, 3.05) is 0 Å². The van der Waals surface area contributed by atoms with Gasteiger partial charge in [0.2, 0.25) is 0 Å². The molecule has 1 fully saturated rings. The van der Waals surface area contributed by atoms with Crippen LogP contribution in [0.3, 0.4) is 0 Å². The summed E-state index contributed by atoms with van der Waals surface area (Å²) in [5.41, 5.74) is 2.71. The van der Waals surface area contributed by atoms with E-state index in [1.54, 1.807) is 42.6 Å². The van der Waals surface area contributed by atoms with E-state index in [1.807, 2.05) is 0 Å². The van der Waals surface area contributed by atoms with E-state index in [4.69, 9.17) is 4.74 Å². The number of rotatable bonds is 3. The summed E-state index contributed by atoms with van der Waals surface area (Å²) in [5.74, 6) is -0.698. The molecule has 1 saturated heterocycles. The smallest absolute Gasteiger partial charge is 0.408 e. The summed E-state index contributed by atoms with van der Waals surface area (Å²) in [7, 11) is 0. The van der Waals surface area contributed by atoms with Gasteiger partial charge in [-0.05, 0) is 53.1 Å². The lowest BCUT2D eigenvalue weighted by Crippen LogP contribution is -2.20. The van der Waals surface area contributed by atoms with Crippen LogP contribution in [0, 0.1) is 11.6 Å². The SMILES string of the molecule is O=C1N[C@@H](c2cc(-c3cccc(F)c3)ccn2)[C@H](c2ccc(F)cc2)O1. The summed E-state index contributed by atoms with van der Waals surface area (Å²) in [5, 5.41) is 2.73. The van der Waals surface area contributed by atoms with Crippen molar-refractivity contribution in [1.29, 1.82) is 0 Å². The van der Waals surface area contributed by atoms with Crippen molar-refractivity contribution >= 4 is 6.09 Å². The molecule has 130 valence electrons. The first-order valence-corrected chi connectivity index (χ1v) is 8.05. The van der Waals surface area contributed by atoms with Crippen LogP contribution in [-0.4, -0.2) is 11.1 Å². The number of hydrogen-bond acceptors (Lipinski definition) is 3. The van der Waals surface area contributed by atoms with Gasteiger partial charge >= 0.3 is 6.09 Å². The number of ether oxygens (including phenoxy) is 1. The molecule has 1 aliphatic heterocycles. The topological polar surface area (TPSA) is 51.2 Å². The van der Waals surface area contributed by atoms with Gasteiger partial charge in [-0.1, -0.05) is 24.3 Å². The molecule has 2 atom stereocenters. The maximum absolute atomic E-state index is 13.5. The number of carbonyl (C=O) groups is 1. The molecule has 0 spiro atoms. The van der Waals surface area contributed by atoms with Gasteiger partial charge in [-0.2, -0.15) is 0 Å². The molecule has 4 nitrogen and oxygen atoms in total. The second-order valence-corrected chi connectivity index (χ2v) is 5.98. The average Bonchev–Trinajstić information content (AvgIpc) is 3.04. The fraction of sp³-hybridized carbons (Fsp3) is 0.100. The quantitative estimate of drug-likeness (QED) is 0.752. The molecule has 1 N–H and O–H groups in total. The molecule has 26 heavy (non-hydrogen) atoms. The molecule has 0 unspecified atom stereocenters. The number of nitrogens with zero attached hydrogens (tertiary/aromatic N) is 1. The molecule has 1 amide bonds. The van der Waals surface area contributed by atoms with Crippen LogP contribution in [0.25, 0.3) is 11.1 Å². The van der Waals surface area contributed by atoms with E-state index < -0.39 is 18.2 Å². The van der Waals surface area contributed by atoms with E-state index in [1.165, 1.54) is 24.3 Å². The number of hydrogen-bond donors (Lipinski definition) is 1. The molecule has 2 aromatic carbocycles. The number of cyclic esters (lactones) is 1. The Balaban J connectivity index is 1.70. The molecular formula is C20H14F2N2O2. The Bertz CT molecular complexity index is 960. The van der Waals surface area contributed by atoms with Crippen LogP contribution in [0.2, 0.25) is 0 Å². The number of carbonyl (C=O) groups excluding carboxylic acids is 1. The lowest BCUT2D eigenvalue weighted by Gasteiger charge is -2.17. The van der Waals surface area contributed by atoms with E-state index in [0.29, 0.717) is 16.8 Å². The predicted octanol–water partition coefficient (Wildman–Crippen LogP) is 4.55. The zero-order valence-electron chi connectivity index (χ0n) is 13.5. The van der Waals surface area contributed by atoms with Crippen molar-refractivity contribution in [2.45, 2.75) is 12.1 Å². The van der Waals surface area contributed by atoms with Crippen molar-refractivity contribution in [3.63, 3.8) is 0 Å². The van der Waals surface area contributed by atoms with Gasteiger partial charge in [0.05, 0.1) is 5.69 Å². The van der Waals surface area contributed by atoms with E-state index in [0.717, 1.165) is 5.56 Å². The summed E-state index contributed by atoms with van der Waals surface area (Å²) >= 11 is 0. The van der Waals surface area contributed by atoms with Gasteiger partial charge in [-0.15, -0.1) is 0 Å². The van der Waals surface area contributed by atoms with Crippen molar-refractivity contribution in [3.8, 4) is 11.1 Å². The summed E-state index contributed by atoms with van der Waals surface area (Å²) in [6.07, 6.45) is 0.405. The first-order chi connectivity index (χ1) is 12.6. The predicted molar refractivity (Wildman–Crippen MR) is 91.1 cm³/mol. The van der Waals surface area contributed by atoms with Gasteiger partial charge in [-0.25, -0.2) is 13.6 Å². The maximum Gasteiger partial charge on any atom is 0.408 e. The fourth-order valence-corrected chi connectivity index (χ4v) is 3.03. The molecule has 4 rings (SSSR count). The van der Waals surface area contributed by atoms with Crippen molar-refractivity contribution in [3.05, 3.63) is 89.8 Å². The van der Waals surface area contributed by atoms with Gasteiger partial charge in [0.15, 0.2) is 6.10 Å². The number of nitrogens with one attached hydrogen (secondary N) is 1. The molecule has 1 aromatic heterocycles. The second kappa shape index (κ2) is 6.55. The Labute approximate surface area is 148 Å². The molecule has 0 aliphatic carbocycles. The maximum atomic E-state index is 13.5. The first-order valence-electron chi connectivity index (χ1n) is 8.05. The number of pyridine rings is 1. The van der Waals surface area contributed by atoms with Crippen LogP contribution in [0.5, 0.6) is 0 Å². The Morgan fingerprint density at radius 3 is 2.46 bits per heavy atom. The summed E-state index contributed by atoms with van der Waals surface area (Å²) < 4.78 is 32.0. The molecule has 0 bridgehead atoms. The number of halogens is 2. The highest BCUT2D eigenvalue weighted by Gasteiger charge is 2.37. The molecule has 0 radical (unpaired) electrons. The zero-order chi connectivity index (χ0) is 18.1. The van der Waals surface area contributed by atoms with Crippen molar-refractivity contribution < 1.29 is 18.3 Å². The molecule has 2 heterocycles. The van der Waals surface area contributed by atoms with Crippen LogP contribution < -0.4 is 5.32 Å². The van der Waals surface area contributed by atoms with Crippen molar-refractivity contribution in [1.82, 2.24) is 10.3 Å². The highest BCUT2D eigenvalue weighted by molar-refractivity contribution is 5.71. The van der Waals surface area contributed by atoms with Crippen LogP contribution >= 0.6 is 0 Å². The molecule has 6 heteroatoms. The average molecular weight is 352 g/mol. The number of aromatic nitrogens is 1. The monoisotopic (exact) mass is 352 g/mol. The number of alkyl carbamates (subject to hydrolysis) is 1. The standard InChI is InChI=1S/C20H14F2N2O2/c21-15-6-4-12(5-7-15)19-18(24-20(25)26-19)17-11-14(8-9-23-17)13-2-1-3-16(22)10-13/h1-11,18-19H,(H,24,25)/t18-,19-/m0/s1. The second-order valence-electron chi connectivity index (χ2n) is 5.98. The van der Waals surface area contributed by atoms with Gasteiger partial charge in [0, 0.05) is 6.20 Å². The zero-order valence-corrected chi connectivity index (χ0v) is 13.5. The summed E-state index contributed by atoms with van der Waals surface area (Å²) in [4.78, 5) is 16.1. The van der Waals surface area contributed by atoms with E-state index in [-0.39, 0.29) is 11.6 Å². The Morgan fingerprint density at radius 2 is 1.69 bits per heavy atom. The largest absolute Gasteiger partial charge is 0.439 e. The minimum absolute atomic E-state index is 0.331. The Kier molecular flexibility index (Phi) is 4.08. The Hall–Kier alpha value is -3.28. The number of amides is 1. The van der Waals surface area contributed by atoms with Gasteiger partial charge in [-0.3, -0.25) is 4.98 Å². The normalized spacial score (nSPS) is 19.1. The highest BCUT2D eigenvalue weighted by Crippen LogP contribution is 2.36. The summed E-state index contributed by atoms with van der Waals surface area (Å²) in [6.45, 7) is 0. The minimum Gasteiger partial charge on any atom is -0.439 e. The lowest BCUT2D eigenvalue weighted by atomic mass is 9.97. The molecule has 1 aliphatic rings. The van der Waals surface area contributed by atoms with Crippen molar-refractivity contribution in [2.24, 2.45) is 0 Å². The third-order valence-electron chi connectivity index (χ3n) is 4.27. The first kappa shape index (κ1) is 16.2. The fourth-order valence-electron chi connectivity index (χ4n) is 3.03. The highest BCUT2D eigenvalue weighted by atomic mass is 19.1. The third kappa shape index (κ3) is 3.13. The van der Waals surface area contributed by atoms with Crippen LogP contribution in [0.15, 0.2) is 66.9 Å². The number of benzene rings is 2. The van der Waals surface area contributed by atoms with Gasteiger partial charge in [0.1, 0.15) is 17.7 Å². The molecule has 3 aromatic rings. The van der Waals surface area contributed by atoms with Gasteiger partial charge in [0.25, 0.3) is 0 Å². The summed E-state index contributed by atoms with van der Waals surface area (Å²) in [6, 6.07) is 15.0. The minimum atomic E-state index is -0.627. The van der Waals surface area contributed by atoms with Crippen LogP contribution in [0.1, 0.15) is 23.4 Å². The molecule has 0 saturated carbocycles. The van der Waals surface area contributed by atoms with E-state index in [9.17, 15) is 13.6 Å². The van der Waals surface area contributed by atoms with Crippen LogP contribution in [0.4, 0.5) is 13.6 Å².